The van der Waals surface area contributed by atoms with Gasteiger partial charge in [0, 0.05) is 47.3 Å². The van der Waals surface area contributed by atoms with Crippen molar-refractivity contribution in [3.63, 3.8) is 0 Å². The van der Waals surface area contributed by atoms with Crippen molar-refractivity contribution in [1.82, 2.24) is 14.7 Å². The number of nitriles is 1. The molecule has 0 aromatic rings. The number of rotatable bonds is 2. The molecule has 5 heterocycles. The number of nitrogens with zero attached hydrogens (tertiary/aromatic N) is 4. The second-order valence-electron chi connectivity index (χ2n) is 9.42. The lowest BCUT2D eigenvalue weighted by atomic mass is 9.69. The Labute approximate surface area is 180 Å². The molecule has 4 fully saturated rings. The molecule has 0 saturated carbocycles. The van der Waals surface area contributed by atoms with Gasteiger partial charge in [-0.2, -0.15) is 5.26 Å². The molecule has 0 amide bonds. The maximum absolute atomic E-state index is 13.6. The van der Waals surface area contributed by atoms with Gasteiger partial charge in [-0.3, -0.25) is 24.3 Å². The first-order valence-corrected chi connectivity index (χ1v) is 10.9. The first-order valence-electron chi connectivity index (χ1n) is 10.9. The number of aliphatic hydroxyl groups is 1. The topological polar surface area (TPSA) is 106 Å². The number of Topliss-reactive ketones (excluding diaryl/α,β-unsaturated/α-hetero) is 2. The van der Waals surface area contributed by atoms with Crippen molar-refractivity contribution in [1.29, 1.82) is 5.26 Å². The Morgan fingerprint density at radius 1 is 1.26 bits per heavy atom. The van der Waals surface area contributed by atoms with Crippen LogP contribution in [0.3, 0.4) is 0 Å². The Morgan fingerprint density at radius 2 is 2.03 bits per heavy atom. The van der Waals surface area contributed by atoms with Gasteiger partial charge in [-0.1, -0.05) is 0 Å². The van der Waals surface area contributed by atoms with E-state index >= 15 is 0 Å². The standard InChI is InChI=1S/C22H26N4O5/c1-9-19(28)15-14(20(29)21(9)30-3)13(8-27)26-12(7-23)11-6-10-16(24(11)2)18(26)17(15)25-4-5-31-22(10)25/h10-13,16-18,22,27H,4-6,8H2,1-3H3/t10-,11+,12-,13+,16+,17+,18+,22+/m0/s1. The lowest BCUT2D eigenvalue weighted by Crippen LogP contribution is -2.78. The second-order valence-corrected chi connectivity index (χ2v) is 9.42. The Hall–Kier alpha value is -2.09. The van der Waals surface area contributed by atoms with Crippen LogP contribution in [0.25, 0.3) is 0 Å². The van der Waals surface area contributed by atoms with Crippen LogP contribution < -0.4 is 0 Å². The minimum atomic E-state index is -0.701. The van der Waals surface area contributed by atoms with E-state index in [-0.39, 0.29) is 60.2 Å². The number of carbonyl (C=O) groups excluding carboxylic acids is 2. The van der Waals surface area contributed by atoms with E-state index in [2.05, 4.69) is 22.9 Å². The van der Waals surface area contributed by atoms with Crippen molar-refractivity contribution >= 4 is 11.6 Å². The molecular weight excluding hydrogens is 400 g/mol. The minimum absolute atomic E-state index is 0.00850. The van der Waals surface area contributed by atoms with E-state index in [0.29, 0.717) is 29.9 Å². The molecule has 8 atom stereocenters. The van der Waals surface area contributed by atoms with Crippen molar-refractivity contribution in [2.24, 2.45) is 5.92 Å². The average Bonchev–Trinajstić information content (AvgIpc) is 3.34. The summed E-state index contributed by atoms with van der Waals surface area (Å²) in [4.78, 5) is 33.7. The van der Waals surface area contributed by atoms with E-state index in [0.717, 1.165) is 6.42 Å². The van der Waals surface area contributed by atoms with E-state index in [1.165, 1.54) is 7.11 Å². The number of piperidine rings is 1. The second kappa shape index (κ2) is 6.47. The van der Waals surface area contributed by atoms with E-state index in [4.69, 9.17) is 9.47 Å². The first kappa shape index (κ1) is 19.6. The number of hydrogen-bond donors (Lipinski definition) is 1. The quantitative estimate of drug-likeness (QED) is 0.559. The van der Waals surface area contributed by atoms with Crippen LogP contribution in [0.1, 0.15) is 13.3 Å². The Morgan fingerprint density at radius 3 is 2.71 bits per heavy atom. The number of piperazine rings is 1. The van der Waals surface area contributed by atoms with E-state index in [1.807, 2.05) is 4.90 Å². The highest BCUT2D eigenvalue weighted by Gasteiger charge is 2.68. The molecule has 164 valence electrons. The summed E-state index contributed by atoms with van der Waals surface area (Å²) in [5, 5.41) is 20.7. The molecule has 0 radical (unpaired) electrons. The molecule has 0 unspecified atom stereocenters. The zero-order valence-corrected chi connectivity index (χ0v) is 17.8. The number of aliphatic hydroxyl groups excluding tert-OH is 1. The van der Waals surface area contributed by atoms with Crippen molar-refractivity contribution in [3.8, 4) is 6.07 Å². The third kappa shape index (κ3) is 2.12. The Bertz CT molecular complexity index is 998. The fourth-order valence-corrected chi connectivity index (χ4v) is 7.45. The summed E-state index contributed by atoms with van der Waals surface area (Å²) in [5.74, 6) is -0.292. The predicted octanol–water partition coefficient (Wildman–Crippen LogP) is -0.965. The first-order chi connectivity index (χ1) is 15.0. The third-order valence-electron chi connectivity index (χ3n) is 8.50. The van der Waals surface area contributed by atoms with E-state index in [9.17, 15) is 20.0 Å². The van der Waals surface area contributed by atoms with Gasteiger partial charge in [-0.25, -0.2) is 0 Å². The molecule has 2 bridgehead atoms. The van der Waals surface area contributed by atoms with Gasteiger partial charge >= 0.3 is 0 Å². The smallest absolute Gasteiger partial charge is 0.226 e. The van der Waals surface area contributed by atoms with Gasteiger partial charge in [-0.15, -0.1) is 0 Å². The number of hydrogen-bond acceptors (Lipinski definition) is 9. The van der Waals surface area contributed by atoms with Gasteiger partial charge in [0.1, 0.15) is 12.3 Å². The van der Waals surface area contributed by atoms with Crippen LogP contribution >= 0.6 is 0 Å². The molecule has 5 aliphatic heterocycles. The molecule has 0 aromatic heterocycles. The lowest BCUT2D eigenvalue weighted by Gasteiger charge is -2.61. The minimum Gasteiger partial charge on any atom is -0.492 e. The highest BCUT2D eigenvalue weighted by Crippen LogP contribution is 2.54. The van der Waals surface area contributed by atoms with Crippen LogP contribution in [0, 0.1) is 17.2 Å². The number of allylic oxidation sites excluding steroid dienone is 2. The molecule has 31 heavy (non-hydrogen) atoms. The Kier molecular flexibility index (Phi) is 4.08. The maximum atomic E-state index is 13.6. The highest BCUT2D eigenvalue weighted by molar-refractivity contribution is 6.25. The summed E-state index contributed by atoms with van der Waals surface area (Å²) in [6, 6.07) is 0.854. The van der Waals surface area contributed by atoms with Gasteiger partial charge in [0.15, 0.2) is 11.5 Å². The van der Waals surface area contributed by atoms with Crippen LogP contribution in [0.4, 0.5) is 0 Å². The molecule has 4 saturated heterocycles. The fourth-order valence-electron chi connectivity index (χ4n) is 7.45. The van der Waals surface area contributed by atoms with Crippen LogP contribution in [0.5, 0.6) is 0 Å². The zero-order valence-electron chi connectivity index (χ0n) is 17.8. The number of likely N-dealkylation sites (N-methyl/N-ethyl adjacent to an activating group) is 1. The molecule has 0 spiro atoms. The van der Waals surface area contributed by atoms with Gasteiger partial charge in [0.2, 0.25) is 5.78 Å². The van der Waals surface area contributed by atoms with Crippen molar-refractivity contribution in [3.05, 3.63) is 22.5 Å². The molecule has 1 N–H and O–H groups in total. The summed E-state index contributed by atoms with van der Waals surface area (Å²) < 4.78 is 11.5. The summed E-state index contributed by atoms with van der Waals surface area (Å²) >= 11 is 0. The summed E-state index contributed by atoms with van der Waals surface area (Å²) in [5.41, 5.74) is 1.07. The largest absolute Gasteiger partial charge is 0.492 e. The summed E-state index contributed by atoms with van der Waals surface area (Å²) in [7, 11) is 3.44. The molecule has 0 aromatic carbocycles. The number of ketones is 2. The van der Waals surface area contributed by atoms with E-state index < -0.39 is 12.1 Å². The zero-order chi connectivity index (χ0) is 21.8. The normalized spacial score (nSPS) is 44.5. The van der Waals surface area contributed by atoms with E-state index in [1.54, 1.807) is 6.92 Å². The van der Waals surface area contributed by atoms with Crippen molar-refractivity contribution in [2.75, 3.05) is 33.9 Å². The van der Waals surface area contributed by atoms with Crippen LogP contribution in [-0.4, -0.2) is 108 Å². The number of carbonyl (C=O) groups is 2. The van der Waals surface area contributed by atoms with Gasteiger partial charge in [-0.05, 0) is 20.4 Å². The molecule has 6 aliphatic rings. The average molecular weight is 426 g/mol. The van der Waals surface area contributed by atoms with Crippen molar-refractivity contribution in [2.45, 2.75) is 55.8 Å². The number of ether oxygens (including phenoxy) is 2. The summed E-state index contributed by atoms with van der Waals surface area (Å²) in [6.07, 6.45) is 0.694. The molecule has 9 nitrogen and oxygen atoms in total. The number of fused-ring (bicyclic) bond motifs is 5. The van der Waals surface area contributed by atoms with Crippen LogP contribution in [0.15, 0.2) is 22.5 Å². The van der Waals surface area contributed by atoms with Crippen LogP contribution in [-0.2, 0) is 19.1 Å². The highest BCUT2D eigenvalue weighted by atomic mass is 16.5. The lowest BCUT2D eigenvalue weighted by molar-refractivity contribution is -0.145. The number of methoxy groups -OCH3 is 1. The van der Waals surface area contributed by atoms with Gasteiger partial charge in [0.25, 0.3) is 0 Å². The van der Waals surface area contributed by atoms with Gasteiger partial charge in [0.05, 0.1) is 38.5 Å². The SMILES string of the molecule is COC1=C(C)C(=O)C2=C(C1=O)[C@@H](CO)N1[C@@H]3[C@H]4[C@H](C[C@H]([C@@H]1C#N)N4C)[C@H]1OCCN1[C@H]23. The molecular formula is C22H26N4O5. The van der Waals surface area contributed by atoms with Crippen molar-refractivity contribution < 1.29 is 24.2 Å². The fraction of sp³-hybridized carbons (Fsp3) is 0.682. The Balaban J connectivity index is 1.63. The van der Waals surface area contributed by atoms with Crippen LogP contribution in [0.2, 0.25) is 0 Å². The molecule has 1 aliphatic carbocycles. The maximum Gasteiger partial charge on any atom is 0.226 e. The van der Waals surface area contributed by atoms with Gasteiger partial charge < -0.3 is 14.6 Å². The molecule has 9 heteroatoms. The third-order valence-corrected chi connectivity index (χ3v) is 8.50. The predicted molar refractivity (Wildman–Crippen MR) is 106 cm³/mol. The molecule has 6 rings (SSSR count). The monoisotopic (exact) mass is 426 g/mol. The summed E-state index contributed by atoms with van der Waals surface area (Å²) in [6.45, 7) is 2.56.